The molecule has 2 aromatic rings. The largest absolute Gasteiger partial charge is 0.460 e. The lowest BCUT2D eigenvalue weighted by Gasteiger charge is -2.07. The van der Waals surface area contributed by atoms with Crippen LogP contribution >= 0.6 is 28.3 Å². The van der Waals surface area contributed by atoms with E-state index in [-0.39, 0.29) is 12.4 Å². The van der Waals surface area contributed by atoms with Gasteiger partial charge in [0.05, 0.1) is 12.6 Å². The van der Waals surface area contributed by atoms with E-state index in [1.54, 1.807) is 0 Å². The topological polar surface area (TPSA) is 34.4 Å². The normalized spacial score (nSPS) is 10.7. The molecule has 0 aliphatic rings. The molecule has 1 heterocycles. The van der Waals surface area contributed by atoms with Gasteiger partial charge in [-0.2, -0.15) is 0 Å². The van der Waals surface area contributed by atoms with Crippen LogP contribution in [0.5, 0.6) is 0 Å². The first-order valence-electron chi connectivity index (χ1n) is 7.32. The highest BCUT2D eigenvalue weighted by atomic mass is 79.9. The molecule has 5 heteroatoms. The van der Waals surface area contributed by atoms with Gasteiger partial charge in [-0.1, -0.05) is 28.1 Å². The van der Waals surface area contributed by atoms with Crippen LogP contribution in [-0.4, -0.2) is 19.3 Å². The maximum Gasteiger partial charge on any atom is 0.134 e. The summed E-state index contributed by atoms with van der Waals surface area (Å²) < 4.78 is 12.4. The smallest absolute Gasteiger partial charge is 0.134 e. The molecule has 22 heavy (non-hydrogen) atoms. The first-order valence-corrected chi connectivity index (χ1v) is 8.11. The molecular weight excluding hydrogens is 366 g/mol. The SMILES string of the molecule is CC(C)OCCCNCc1ccc(-c2ccc(Br)cc2)o1.Cl. The second-order valence-corrected chi connectivity index (χ2v) is 6.14. The number of rotatable bonds is 8. The molecule has 122 valence electrons. The molecular formula is C17H23BrClNO2. The monoisotopic (exact) mass is 387 g/mol. The van der Waals surface area contributed by atoms with Crippen LogP contribution in [0.4, 0.5) is 0 Å². The van der Waals surface area contributed by atoms with E-state index in [2.05, 4.69) is 35.1 Å². The predicted molar refractivity (Wildman–Crippen MR) is 96.5 cm³/mol. The highest BCUT2D eigenvalue weighted by Crippen LogP contribution is 2.23. The van der Waals surface area contributed by atoms with Gasteiger partial charge in [-0.3, -0.25) is 0 Å². The first-order chi connectivity index (χ1) is 10.1. The fourth-order valence-corrected chi connectivity index (χ4v) is 2.23. The van der Waals surface area contributed by atoms with Gasteiger partial charge in [0.1, 0.15) is 11.5 Å². The van der Waals surface area contributed by atoms with Gasteiger partial charge in [-0.25, -0.2) is 0 Å². The Morgan fingerprint density at radius 3 is 2.55 bits per heavy atom. The Labute approximate surface area is 147 Å². The second kappa shape index (κ2) is 10.1. The minimum Gasteiger partial charge on any atom is -0.460 e. The Balaban J connectivity index is 0.00000242. The van der Waals surface area contributed by atoms with Crippen LogP contribution in [0.2, 0.25) is 0 Å². The minimum absolute atomic E-state index is 0. The highest BCUT2D eigenvalue weighted by Gasteiger charge is 2.04. The van der Waals surface area contributed by atoms with Gasteiger partial charge in [0.15, 0.2) is 0 Å². The number of ether oxygens (including phenoxy) is 1. The quantitative estimate of drug-likeness (QED) is 0.644. The van der Waals surface area contributed by atoms with Crippen molar-refractivity contribution in [2.75, 3.05) is 13.2 Å². The summed E-state index contributed by atoms with van der Waals surface area (Å²) in [5.41, 5.74) is 1.09. The van der Waals surface area contributed by atoms with Crippen molar-refractivity contribution < 1.29 is 9.15 Å². The zero-order valence-corrected chi connectivity index (χ0v) is 15.4. The standard InChI is InChI=1S/C17H22BrNO2.ClH/c1-13(2)20-11-3-10-19-12-16-8-9-17(21-16)14-4-6-15(18)7-5-14;/h4-9,13,19H,3,10-12H2,1-2H3;1H. The molecule has 0 radical (unpaired) electrons. The third-order valence-corrected chi connectivity index (χ3v) is 3.57. The minimum atomic E-state index is 0. The van der Waals surface area contributed by atoms with Crippen molar-refractivity contribution >= 4 is 28.3 Å². The summed E-state index contributed by atoms with van der Waals surface area (Å²) in [6.45, 7) is 6.59. The molecule has 3 nitrogen and oxygen atoms in total. The van der Waals surface area contributed by atoms with Crippen molar-refractivity contribution in [3.05, 3.63) is 46.6 Å². The van der Waals surface area contributed by atoms with Gasteiger partial charge in [0.25, 0.3) is 0 Å². The maximum absolute atomic E-state index is 5.85. The van der Waals surface area contributed by atoms with Crippen LogP contribution in [-0.2, 0) is 11.3 Å². The van der Waals surface area contributed by atoms with E-state index in [0.717, 1.165) is 47.7 Å². The van der Waals surface area contributed by atoms with Crippen LogP contribution in [0.25, 0.3) is 11.3 Å². The number of hydrogen-bond acceptors (Lipinski definition) is 3. The third kappa shape index (κ3) is 6.53. The summed E-state index contributed by atoms with van der Waals surface area (Å²) in [6.07, 6.45) is 1.32. The van der Waals surface area contributed by atoms with Gasteiger partial charge in [0.2, 0.25) is 0 Å². The molecule has 0 amide bonds. The van der Waals surface area contributed by atoms with Crippen molar-refractivity contribution in [3.8, 4) is 11.3 Å². The van der Waals surface area contributed by atoms with E-state index in [9.17, 15) is 0 Å². The van der Waals surface area contributed by atoms with Crippen molar-refractivity contribution in [1.82, 2.24) is 5.32 Å². The molecule has 0 aliphatic heterocycles. The zero-order chi connectivity index (χ0) is 15.1. The number of nitrogens with one attached hydrogen (secondary N) is 1. The predicted octanol–water partition coefficient (Wildman–Crippen LogP) is 5.04. The van der Waals surface area contributed by atoms with Gasteiger partial charge in [-0.15, -0.1) is 12.4 Å². The van der Waals surface area contributed by atoms with Crippen LogP contribution in [0.15, 0.2) is 45.3 Å². The molecule has 1 aromatic carbocycles. The van der Waals surface area contributed by atoms with E-state index in [4.69, 9.17) is 9.15 Å². The Morgan fingerprint density at radius 1 is 1.14 bits per heavy atom. The fourth-order valence-electron chi connectivity index (χ4n) is 1.97. The van der Waals surface area contributed by atoms with Gasteiger partial charge in [-0.05, 0) is 51.1 Å². The lowest BCUT2D eigenvalue weighted by molar-refractivity contribution is 0.0770. The van der Waals surface area contributed by atoms with E-state index in [1.807, 2.05) is 36.4 Å². The third-order valence-electron chi connectivity index (χ3n) is 3.04. The molecule has 1 N–H and O–H groups in total. The number of furan rings is 1. The van der Waals surface area contributed by atoms with E-state index in [1.165, 1.54) is 0 Å². The zero-order valence-electron chi connectivity index (χ0n) is 13.0. The lowest BCUT2D eigenvalue weighted by Crippen LogP contribution is -2.17. The van der Waals surface area contributed by atoms with E-state index >= 15 is 0 Å². The van der Waals surface area contributed by atoms with Crippen LogP contribution in [0.1, 0.15) is 26.0 Å². The van der Waals surface area contributed by atoms with E-state index < -0.39 is 0 Å². The Kier molecular flexibility index (Phi) is 8.79. The Morgan fingerprint density at radius 2 is 1.86 bits per heavy atom. The Bertz CT molecular complexity index is 540. The molecule has 0 bridgehead atoms. The van der Waals surface area contributed by atoms with Gasteiger partial charge in [0, 0.05) is 16.6 Å². The summed E-state index contributed by atoms with van der Waals surface area (Å²) in [7, 11) is 0. The molecule has 0 fully saturated rings. The van der Waals surface area contributed by atoms with Crippen molar-refractivity contribution in [1.29, 1.82) is 0 Å². The summed E-state index contributed by atoms with van der Waals surface area (Å²) in [6, 6.07) is 12.2. The molecule has 0 spiro atoms. The van der Waals surface area contributed by atoms with Crippen molar-refractivity contribution in [2.24, 2.45) is 0 Å². The average molecular weight is 389 g/mol. The van der Waals surface area contributed by atoms with Crippen molar-refractivity contribution in [3.63, 3.8) is 0 Å². The van der Waals surface area contributed by atoms with Crippen LogP contribution in [0, 0.1) is 0 Å². The molecule has 0 saturated carbocycles. The molecule has 2 rings (SSSR count). The average Bonchev–Trinajstić information content (AvgIpc) is 2.92. The molecule has 0 saturated heterocycles. The molecule has 0 unspecified atom stereocenters. The Hall–Kier alpha value is -0.810. The number of hydrogen-bond donors (Lipinski definition) is 1. The molecule has 0 aliphatic carbocycles. The maximum atomic E-state index is 5.85. The number of benzene rings is 1. The van der Waals surface area contributed by atoms with Crippen molar-refractivity contribution in [2.45, 2.75) is 32.9 Å². The fraction of sp³-hybridized carbons (Fsp3) is 0.412. The van der Waals surface area contributed by atoms with Gasteiger partial charge < -0.3 is 14.5 Å². The lowest BCUT2D eigenvalue weighted by atomic mass is 10.2. The van der Waals surface area contributed by atoms with E-state index in [0.29, 0.717) is 6.10 Å². The van der Waals surface area contributed by atoms with Crippen LogP contribution in [0.3, 0.4) is 0 Å². The summed E-state index contributed by atoms with van der Waals surface area (Å²) in [4.78, 5) is 0. The highest BCUT2D eigenvalue weighted by molar-refractivity contribution is 9.10. The molecule has 1 aromatic heterocycles. The second-order valence-electron chi connectivity index (χ2n) is 5.22. The summed E-state index contributed by atoms with van der Waals surface area (Å²) in [5.74, 6) is 1.86. The first kappa shape index (κ1) is 19.2. The number of halogens is 2. The van der Waals surface area contributed by atoms with Crippen LogP contribution < -0.4 is 5.32 Å². The van der Waals surface area contributed by atoms with Gasteiger partial charge >= 0.3 is 0 Å². The summed E-state index contributed by atoms with van der Waals surface area (Å²) >= 11 is 3.44. The molecule has 0 atom stereocenters. The summed E-state index contributed by atoms with van der Waals surface area (Å²) in [5, 5.41) is 3.37.